The zero-order valence-corrected chi connectivity index (χ0v) is 10.7. The second kappa shape index (κ2) is 5.41. The van der Waals surface area contributed by atoms with E-state index in [2.05, 4.69) is 9.71 Å². The van der Waals surface area contributed by atoms with Crippen LogP contribution in [0.25, 0.3) is 0 Å². The molecule has 0 aliphatic rings. The van der Waals surface area contributed by atoms with Gasteiger partial charge in [-0.05, 0) is 25.0 Å². The van der Waals surface area contributed by atoms with Gasteiger partial charge in [0.25, 0.3) is 0 Å². The van der Waals surface area contributed by atoms with Crippen LogP contribution < -0.4 is 4.72 Å². The van der Waals surface area contributed by atoms with Gasteiger partial charge in [0.2, 0.25) is 10.0 Å². The van der Waals surface area contributed by atoms with E-state index in [9.17, 15) is 8.42 Å². The average molecular weight is 242 g/mol. The van der Waals surface area contributed by atoms with Gasteiger partial charge in [0.1, 0.15) is 0 Å². The van der Waals surface area contributed by atoms with E-state index in [1.165, 1.54) is 0 Å². The van der Waals surface area contributed by atoms with Crippen molar-refractivity contribution in [1.29, 1.82) is 0 Å². The highest BCUT2D eigenvalue weighted by Crippen LogP contribution is 2.20. The fourth-order valence-corrected chi connectivity index (χ4v) is 2.32. The molecule has 0 saturated heterocycles. The fraction of sp³-hybridized carbons (Fsp3) is 0.545. The minimum absolute atomic E-state index is 0.0864. The Morgan fingerprint density at radius 3 is 2.50 bits per heavy atom. The Morgan fingerprint density at radius 2 is 2.06 bits per heavy atom. The first-order chi connectivity index (χ1) is 7.46. The van der Waals surface area contributed by atoms with Crippen molar-refractivity contribution in [1.82, 2.24) is 9.71 Å². The Kier molecular flexibility index (Phi) is 4.44. The van der Waals surface area contributed by atoms with E-state index >= 15 is 0 Å². The molecule has 1 rings (SSSR count). The maximum Gasteiger partial charge on any atom is 0.211 e. The Morgan fingerprint density at radius 1 is 1.38 bits per heavy atom. The smallest absolute Gasteiger partial charge is 0.211 e. The first-order valence-corrected chi connectivity index (χ1v) is 7.02. The molecular formula is C11H18N2O2S. The summed E-state index contributed by atoms with van der Waals surface area (Å²) in [7, 11) is -3.20. The lowest BCUT2D eigenvalue weighted by Crippen LogP contribution is -2.33. The largest absolute Gasteiger partial charge is 0.260 e. The topological polar surface area (TPSA) is 59.1 Å². The average Bonchev–Trinajstić information content (AvgIpc) is 2.27. The van der Waals surface area contributed by atoms with E-state index in [4.69, 9.17) is 0 Å². The number of aromatic nitrogens is 1. The summed E-state index contributed by atoms with van der Waals surface area (Å²) in [6, 6.07) is 5.25. The number of sulfonamides is 1. The molecule has 1 aromatic rings. The lowest BCUT2D eigenvalue weighted by molar-refractivity contribution is 0.454. The van der Waals surface area contributed by atoms with Crippen LogP contribution in [0.5, 0.6) is 0 Å². The van der Waals surface area contributed by atoms with E-state index in [0.717, 1.165) is 5.69 Å². The molecule has 0 aliphatic heterocycles. The van der Waals surface area contributed by atoms with Gasteiger partial charge in [-0.25, -0.2) is 13.1 Å². The molecule has 0 aromatic carbocycles. The summed E-state index contributed by atoms with van der Waals surface area (Å²) < 4.78 is 25.8. The van der Waals surface area contributed by atoms with Crippen LogP contribution in [0, 0.1) is 5.92 Å². The van der Waals surface area contributed by atoms with Crippen molar-refractivity contribution in [2.45, 2.75) is 26.8 Å². The molecule has 90 valence electrons. The Hall–Kier alpha value is -0.940. The van der Waals surface area contributed by atoms with Crippen molar-refractivity contribution in [3.63, 3.8) is 0 Å². The summed E-state index contributed by atoms with van der Waals surface area (Å²) in [6.07, 6.45) is 1.67. The molecule has 1 aromatic heterocycles. The minimum Gasteiger partial charge on any atom is -0.260 e. The van der Waals surface area contributed by atoms with E-state index < -0.39 is 10.0 Å². The SMILES string of the molecule is CCS(=O)(=O)N[C@@H](c1ccccn1)C(C)C. The molecular weight excluding hydrogens is 224 g/mol. The van der Waals surface area contributed by atoms with Crippen molar-refractivity contribution in [2.24, 2.45) is 5.92 Å². The highest BCUT2D eigenvalue weighted by Gasteiger charge is 2.21. The zero-order chi connectivity index (χ0) is 12.2. The van der Waals surface area contributed by atoms with Crippen molar-refractivity contribution >= 4 is 10.0 Å². The summed E-state index contributed by atoms with van der Waals surface area (Å²) in [6.45, 7) is 5.56. The summed E-state index contributed by atoms with van der Waals surface area (Å²) in [5, 5.41) is 0. The second-order valence-corrected chi connectivity index (χ2v) is 6.04. The molecule has 1 atom stereocenters. The van der Waals surface area contributed by atoms with Crippen LogP contribution in [-0.2, 0) is 10.0 Å². The molecule has 4 nitrogen and oxygen atoms in total. The third-order valence-corrected chi connectivity index (χ3v) is 3.73. The van der Waals surface area contributed by atoms with Gasteiger partial charge in [-0.3, -0.25) is 4.98 Å². The fourth-order valence-electron chi connectivity index (χ4n) is 1.37. The third-order valence-electron chi connectivity index (χ3n) is 2.36. The van der Waals surface area contributed by atoms with Crippen LogP contribution in [-0.4, -0.2) is 19.2 Å². The molecule has 0 aliphatic carbocycles. The lowest BCUT2D eigenvalue weighted by atomic mass is 10.0. The van der Waals surface area contributed by atoms with Crippen LogP contribution in [0.4, 0.5) is 0 Å². The van der Waals surface area contributed by atoms with E-state index in [1.54, 1.807) is 13.1 Å². The summed E-state index contributed by atoms with van der Waals surface area (Å²) >= 11 is 0. The summed E-state index contributed by atoms with van der Waals surface area (Å²) in [5.74, 6) is 0.250. The van der Waals surface area contributed by atoms with Gasteiger partial charge >= 0.3 is 0 Å². The van der Waals surface area contributed by atoms with Crippen molar-refractivity contribution in [3.8, 4) is 0 Å². The number of nitrogens with zero attached hydrogens (tertiary/aromatic N) is 1. The first kappa shape index (κ1) is 13.1. The highest BCUT2D eigenvalue weighted by molar-refractivity contribution is 7.89. The van der Waals surface area contributed by atoms with Crippen LogP contribution in [0.2, 0.25) is 0 Å². The first-order valence-electron chi connectivity index (χ1n) is 5.37. The molecule has 0 radical (unpaired) electrons. The number of hydrogen-bond donors (Lipinski definition) is 1. The second-order valence-electron chi connectivity index (χ2n) is 4.00. The van der Waals surface area contributed by atoms with Gasteiger partial charge in [0, 0.05) is 6.20 Å². The molecule has 0 unspecified atom stereocenters. The van der Waals surface area contributed by atoms with Crippen LogP contribution in [0.15, 0.2) is 24.4 Å². The standard InChI is InChI=1S/C11H18N2O2S/c1-4-16(14,15)13-11(9(2)3)10-7-5-6-8-12-10/h5-9,11,13H,4H2,1-3H3/t11-/m1/s1. The van der Waals surface area contributed by atoms with Crippen molar-refractivity contribution < 1.29 is 8.42 Å². The quantitative estimate of drug-likeness (QED) is 0.855. The summed E-state index contributed by atoms with van der Waals surface area (Å²) in [4.78, 5) is 4.19. The molecule has 1 heterocycles. The molecule has 0 saturated carbocycles. The molecule has 16 heavy (non-hydrogen) atoms. The van der Waals surface area contributed by atoms with Crippen LogP contribution >= 0.6 is 0 Å². The van der Waals surface area contributed by atoms with Gasteiger partial charge in [-0.2, -0.15) is 0 Å². The Balaban J connectivity index is 2.94. The van der Waals surface area contributed by atoms with Crippen molar-refractivity contribution in [2.75, 3.05) is 5.75 Å². The predicted molar refractivity (Wildman–Crippen MR) is 64.4 cm³/mol. The normalized spacial score (nSPS) is 14.0. The number of rotatable bonds is 5. The van der Waals surface area contributed by atoms with Gasteiger partial charge in [0.05, 0.1) is 17.5 Å². The highest BCUT2D eigenvalue weighted by atomic mass is 32.2. The van der Waals surface area contributed by atoms with Gasteiger partial charge < -0.3 is 0 Å². The molecule has 0 spiro atoms. The van der Waals surface area contributed by atoms with E-state index in [0.29, 0.717) is 0 Å². The summed E-state index contributed by atoms with van der Waals surface area (Å²) in [5.41, 5.74) is 0.759. The molecule has 1 N–H and O–H groups in total. The van der Waals surface area contributed by atoms with Crippen LogP contribution in [0.1, 0.15) is 32.5 Å². The number of nitrogens with one attached hydrogen (secondary N) is 1. The lowest BCUT2D eigenvalue weighted by Gasteiger charge is -2.21. The molecule has 0 bridgehead atoms. The van der Waals surface area contributed by atoms with Gasteiger partial charge in [-0.15, -0.1) is 0 Å². The van der Waals surface area contributed by atoms with Gasteiger partial charge in [0.15, 0.2) is 0 Å². The van der Waals surface area contributed by atoms with E-state index in [1.807, 2.05) is 32.0 Å². The van der Waals surface area contributed by atoms with Gasteiger partial charge in [-0.1, -0.05) is 19.9 Å². The molecule has 0 fully saturated rings. The monoisotopic (exact) mass is 242 g/mol. The number of hydrogen-bond acceptors (Lipinski definition) is 3. The molecule has 5 heteroatoms. The number of pyridine rings is 1. The Labute approximate surface area is 97.2 Å². The molecule has 0 amide bonds. The maximum atomic E-state index is 11.5. The Bertz CT molecular complexity index is 415. The zero-order valence-electron chi connectivity index (χ0n) is 9.84. The third kappa shape index (κ3) is 3.57. The van der Waals surface area contributed by atoms with Crippen LogP contribution in [0.3, 0.4) is 0 Å². The van der Waals surface area contributed by atoms with Crippen molar-refractivity contribution in [3.05, 3.63) is 30.1 Å². The predicted octanol–water partition coefficient (Wildman–Crippen LogP) is 1.72. The van der Waals surface area contributed by atoms with E-state index in [-0.39, 0.29) is 17.7 Å². The minimum atomic E-state index is -3.20. The maximum absolute atomic E-state index is 11.5.